The number of carbonyl (C=O) groups is 1. The van der Waals surface area contributed by atoms with E-state index in [0.717, 1.165) is 5.69 Å². The molecule has 0 aromatic carbocycles. The summed E-state index contributed by atoms with van der Waals surface area (Å²) in [6.07, 6.45) is 1.64. The van der Waals surface area contributed by atoms with Crippen LogP contribution in [0.15, 0.2) is 18.3 Å². The number of amides is 2. The van der Waals surface area contributed by atoms with E-state index in [1.165, 1.54) is 0 Å². The van der Waals surface area contributed by atoms with Crippen molar-refractivity contribution >= 4 is 11.7 Å². The van der Waals surface area contributed by atoms with Gasteiger partial charge in [0.2, 0.25) is 5.88 Å². The number of methoxy groups -OCH3 is 1. The maximum Gasteiger partial charge on any atom is 0.312 e. The third-order valence-electron chi connectivity index (χ3n) is 1.70. The van der Waals surface area contributed by atoms with Gasteiger partial charge in [0.15, 0.2) is 0 Å². The van der Waals surface area contributed by atoms with Crippen LogP contribution in [0, 0.1) is 0 Å². The Hall–Kier alpha value is -1.98. The van der Waals surface area contributed by atoms with Crippen molar-refractivity contribution in [3.63, 3.8) is 0 Å². The standard InChI is InChI=1S/C9H14N4O2/c1-15-8-6-7(2-3-12-8)11-4-5-13-9(10)14/h2-3,6H,4-5H2,1H3,(H,11,12)(H3,10,13,14). The van der Waals surface area contributed by atoms with E-state index in [4.69, 9.17) is 10.5 Å². The second-order valence-electron chi connectivity index (χ2n) is 2.80. The number of nitrogens with one attached hydrogen (secondary N) is 2. The molecule has 1 heterocycles. The van der Waals surface area contributed by atoms with Crippen LogP contribution >= 0.6 is 0 Å². The number of ether oxygens (including phenoxy) is 1. The molecule has 15 heavy (non-hydrogen) atoms. The van der Waals surface area contributed by atoms with Gasteiger partial charge < -0.3 is 21.1 Å². The monoisotopic (exact) mass is 210 g/mol. The molecule has 6 heteroatoms. The normalized spacial score (nSPS) is 9.40. The van der Waals surface area contributed by atoms with Gasteiger partial charge in [0, 0.05) is 31.0 Å². The second kappa shape index (κ2) is 5.69. The molecular formula is C9H14N4O2. The molecule has 0 aliphatic rings. The van der Waals surface area contributed by atoms with Gasteiger partial charge in [-0.15, -0.1) is 0 Å². The molecule has 1 aromatic heterocycles. The Bertz CT molecular complexity index is 330. The minimum Gasteiger partial charge on any atom is -0.481 e. The van der Waals surface area contributed by atoms with Crippen LogP contribution in [0.2, 0.25) is 0 Å². The molecule has 0 saturated heterocycles. The first-order chi connectivity index (χ1) is 7.22. The summed E-state index contributed by atoms with van der Waals surface area (Å²) in [5, 5.41) is 5.56. The van der Waals surface area contributed by atoms with Crippen LogP contribution in [0.5, 0.6) is 5.88 Å². The van der Waals surface area contributed by atoms with Crippen molar-refractivity contribution < 1.29 is 9.53 Å². The highest BCUT2D eigenvalue weighted by molar-refractivity contribution is 5.71. The van der Waals surface area contributed by atoms with Gasteiger partial charge in [-0.05, 0) is 6.07 Å². The van der Waals surface area contributed by atoms with Crippen molar-refractivity contribution in [1.29, 1.82) is 0 Å². The van der Waals surface area contributed by atoms with E-state index >= 15 is 0 Å². The Kier molecular flexibility index (Phi) is 4.21. The van der Waals surface area contributed by atoms with E-state index in [2.05, 4.69) is 15.6 Å². The molecule has 0 saturated carbocycles. The summed E-state index contributed by atoms with van der Waals surface area (Å²) in [6.45, 7) is 1.07. The fourth-order valence-corrected chi connectivity index (χ4v) is 1.02. The summed E-state index contributed by atoms with van der Waals surface area (Å²) in [5.41, 5.74) is 5.79. The van der Waals surface area contributed by atoms with Crippen molar-refractivity contribution in [3.05, 3.63) is 18.3 Å². The van der Waals surface area contributed by atoms with Crippen molar-refractivity contribution in [2.24, 2.45) is 5.73 Å². The third kappa shape index (κ3) is 4.17. The molecule has 0 aliphatic heterocycles. The molecule has 6 nitrogen and oxygen atoms in total. The highest BCUT2D eigenvalue weighted by atomic mass is 16.5. The predicted molar refractivity (Wildman–Crippen MR) is 56.9 cm³/mol. The summed E-state index contributed by atoms with van der Waals surface area (Å²) in [7, 11) is 1.56. The van der Waals surface area contributed by atoms with Crippen molar-refractivity contribution in [1.82, 2.24) is 10.3 Å². The number of nitrogens with two attached hydrogens (primary N) is 1. The van der Waals surface area contributed by atoms with Gasteiger partial charge in [-0.1, -0.05) is 0 Å². The summed E-state index contributed by atoms with van der Waals surface area (Å²) in [4.78, 5) is 14.3. The lowest BCUT2D eigenvalue weighted by atomic mass is 10.4. The Morgan fingerprint density at radius 2 is 2.40 bits per heavy atom. The molecule has 0 radical (unpaired) electrons. The summed E-state index contributed by atoms with van der Waals surface area (Å²) in [6, 6.07) is 3.06. The number of hydrogen-bond donors (Lipinski definition) is 3. The summed E-state index contributed by atoms with van der Waals surface area (Å²) >= 11 is 0. The molecule has 0 unspecified atom stereocenters. The number of pyridine rings is 1. The quantitative estimate of drug-likeness (QED) is 0.604. The Balaban J connectivity index is 2.33. The molecule has 4 N–H and O–H groups in total. The van der Waals surface area contributed by atoms with E-state index in [-0.39, 0.29) is 0 Å². The first kappa shape index (κ1) is 11.1. The van der Waals surface area contributed by atoms with Crippen molar-refractivity contribution in [3.8, 4) is 5.88 Å². The highest BCUT2D eigenvalue weighted by Crippen LogP contribution is 2.12. The lowest BCUT2D eigenvalue weighted by Crippen LogP contribution is -2.33. The first-order valence-electron chi connectivity index (χ1n) is 4.49. The highest BCUT2D eigenvalue weighted by Gasteiger charge is 1.96. The number of rotatable bonds is 5. The number of hydrogen-bond acceptors (Lipinski definition) is 4. The molecule has 0 atom stereocenters. The van der Waals surface area contributed by atoms with Crippen LogP contribution < -0.4 is 21.1 Å². The average Bonchev–Trinajstić information content (AvgIpc) is 2.24. The number of nitrogens with zero attached hydrogens (tertiary/aromatic N) is 1. The number of aromatic nitrogens is 1. The molecule has 1 rings (SSSR count). The molecule has 0 fully saturated rings. The van der Waals surface area contributed by atoms with E-state index in [1.54, 1.807) is 19.4 Å². The minimum absolute atomic E-state index is 0.472. The number of primary amides is 1. The zero-order valence-electron chi connectivity index (χ0n) is 8.49. The lowest BCUT2D eigenvalue weighted by Gasteiger charge is -2.07. The van der Waals surface area contributed by atoms with Crippen LogP contribution in [0.4, 0.5) is 10.5 Å². The minimum atomic E-state index is -0.524. The SMILES string of the molecule is COc1cc(NCCNC(N)=O)ccn1. The third-order valence-corrected chi connectivity index (χ3v) is 1.70. The van der Waals surface area contributed by atoms with Gasteiger partial charge in [-0.3, -0.25) is 0 Å². The van der Waals surface area contributed by atoms with Crippen LogP contribution in [0.3, 0.4) is 0 Å². The molecule has 82 valence electrons. The van der Waals surface area contributed by atoms with Gasteiger partial charge in [0.1, 0.15) is 0 Å². The molecule has 2 amide bonds. The van der Waals surface area contributed by atoms with Crippen LogP contribution in [0.25, 0.3) is 0 Å². The zero-order chi connectivity index (χ0) is 11.1. The van der Waals surface area contributed by atoms with Gasteiger partial charge >= 0.3 is 6.03 Å². The smallest absolute Gasteiger partial charge is 0.312 e. The average molecular weight is 210 g/mol. The molecule has 0 spiro atoms. The predicted octanol–water partition coefficient (Wildman–Crippen LogP) is 0.170. The Morgan fingerprint density at radius 1 is 1.60 bits per heavy atom. The van der Waals surface area contributed by atoms with E-state index in [1.807, 2.05) is 6.07 Å². The molecular weight excluding hydrogens is 196 g/mol. The fourth-order valence-electron chi connectivity index (χ4n) is 1.02. The van der Waals surface area contributed by atoms with Crippen LogP contribution in [-0.2, 0) is 0 Å². The van der Waals surface area contributed by atoms with E-state index in [9.17, 15) is 4.79 Å². The lowest BCUT2D eigenvalue weighted by molar-refractivity contribution is 0.249. The molecule has 1 aromatic rings. The Labute approximate surface area is 87.8 Å². The topological polar surface area (TPSA) is 89.3 Å². The summed E-state index contributed by atoms with van der Waals surface area (Å²) in [5.74, 6) is 0.544. The first-order valence-corrected chi connectivity index (χ1v) is 4.49. The number of urea groups is 1. The van der Waals surface area contributed by atoms with E-state index < -0.39 is 6.03 Å². The van der Waals surface area contributed by atoms with Crippen LogP contribution in [-0.4, -0.2) is 31.2 Å². The zero-order valence-corrected chi connectivity index (χ0v) is 8.49. The van der Waals surface area contributed by atoms with Gasteiger partial charge in [0.25, 0.3) is 0 Å². The maximum atomic E-state index is 10.4. The maximum absolute atomic E-state index is 10.4. The molecule has 0 bridgehead atoms. The van der Waals surface area contributed by atoms with E-state index in [0.29, 0.717) is 19.0 Å². The second-order valence-corrected chi connectivity index (χ2v) is 2.80. The van der Waals surface area contributed by atoms with Crippen LogP contribution in [0.1, 0.15) is 0 Å². The molecule has 0 aliphatic carbocycles. The summed E-state index contributed by atoms with van der Waals surface area (Å²) < 4.78 is 4.96. The van der Waals surface area contributed by atoms with Gasteiger partial charge in [0.05, 0.1) is 7.11 Å². The largest absolute Gasteiger partial charge is 0.481 e. The van der Waals surface area contributed by atoms with Crippen molar-refractivity contribution in [2.45, 2.75) is 0 Å². The Morgan fingerprint density at radius 3 is 3.07 bits per heavy atom. The van der Waals surface area contributed by atoms with Gasteiger partial charge in [-0.25, -0.2) is 9.78 Å². The number of anilines is 1. The number of carbonyl (C=O) groups excluding carboxylic acids is 1. The fraction of sp³-hybridized carbons (Fsp3) is 0.333. The van der Waals surface area contributed by atoms with Gasteiger partial charge in [-0.2, -0.15) is 0 Å². The van der Waals surface area contributed by atoms with Crippen molar-refractivity contribution in [2.75, 3.05) is 25.5 Å².